The van der Waals surface area contributed by atoms with Crippen molar-refractivity contribution in [3.8, 4) is 0 Å². The standard InChI is InChI=1S/C6H15NO/c1-5(7)3-4-6(2)8/h5-6,8H,3-4,7H2,1-2H3/t5-,6-/m1/s1. The van der Waals surface area contributed by atoms with Crippen LogP contribution >= 0.6 is 0 Å². The van der Waals surface area contributed by atoms with Gasteiger partial charge in [-0.05, 0) is 26.7 Å². The normalized spacial score (nSPS) is 18.0. The summed E-state index contributed by atoms with van der Waals surface area (Å²) in [5, 5.41) is 8.75. The molecule has 0 bridgehead atoms. The monoisotopic (exact) mass is 117 g/mol. The second kappa shape index (κ2) is 3.87. The molecule has 8 heavy (non-hydrogen) atoms. The van der Waals surface area contributed by atoms with Gasteiger partial charge in [-0.1, -0.05) is 0 Å². The van der Waals surface area contributed by atoms with E-state index in [0.29, 0.717) is 0 Å². The predicted octanol–water partition coefficient (Wildman–Crippen LogP) is 0.495. The summed E-state index contributed by atoms with van der Waals surface area (Å²) < 4.78 is 0. The molecule has 0 unspecified atom stereocenters. The van der Waals surface area contributed by atoms with Crippen LogP contribution < -0.4 is 5.73 Å². The topological polar surface area (TPSA) is 46.2 Å². The molecule has 50 valence electrons. The van der Waals surface area contributed by atoms with E-state index in [4.69, 9.17) is 10.8 Å². The fourth-order valence-electron chi connectivity index (χ4n) is 0.504. The van der Waals surface area contributed by atoms with Crippen molar-refractivity contribution < 1.29 is 5.11 Å². The van der Waals surface area contributed by atoms with Crippen LogP contribution in [0.15, 0.2) is 0 Å². The van der Waals surface area contributed by atoms with Gasteiger partial charge in [0.25, 0.3) is 0 Å². The van der Waals surface area contributed by atoms with Crippen LogP contribution in [0.3, 0.4) is 0 Å². The van der Waals surface area contributed by atoms with E-state index in [-0.39, 0.29) is 12.1 Å². The summed E-state index contributed by atoms with van der Waals surface area (Å²) in [5.41, 5.74) is 5.43. The van der Waals surface area contributed by atoms with Crippen LogP contribution in [-0.4, -0.2) is 17.3 Å². The van der Waals surface area contributed by atoms with Crippen LogP contribution in [0.25, 0.3) is 0 Å². The molecular weight excluding hydrogens is 102 g/mol. The molecule has 2 atom stereocenters. The van der Waals surface area contributed by atoms with Gasteiger partial charge in [-0.2, -0.15) is 0 Å². The molecule has 0 aliphatic carbocycles. The zero-order chi connectivity index (χ0) is 6.57. The number of rotatable bonds is 3. The van der Waals surface area contributed by atoms with Crippen LogP contribution in [0.2, 0.25) is 0 Å². The van der Waals surface area contributed by atoms with E-state index in [1.54, 1.807) is 6.92 Å². The second-order valence-corrected chi connectivity index (χ2v) is 2.40. The number of hydrogen-bond donors (Lipinski definition) is 2. The van der Waals surface area contributed by atoms with Crippen LogP contribution in [-0.2, 0) is 0 Å². The third-order valence-corrected chi connectivity index (χ3v) is 1.04. The maximum absolute atomic E-state index is 8.75. The number of nitrogens with two attached hydrogens (primary N) is 1. The lowest BCUT2D eigenvalue weighted by Gasteiger charge is -2.05. The van der Waals surface area contributed by atoms with Gasteiger partial charge in [-0.25, -0.2) is 0 Å². The maximum Gasteiger partial charge on any atom is 0.0512 e. The first kappa shape index (κ1) is 7.92. The molecule has 0 spiro atoms. The molecule has 0 rings (SSSR count). The Morgan fingerprint density at radius 1 is 1.38 bits per heavy atom. The molecule has 0 saturated heterocycles. The van der Waals surface area contributed by atoms with Crippen molar-refractivity contribution in [3.05, 3.63) is 0 Å². The second-order valence-electron chi connectivity index (χ2n) is 2.40. The summed E-state index contributed by atoms with van der Waals surface area (Å²) in [6.45, 7) is 3.73. The summed E-state index contributed by atoms with van der Waals surface area (Å²) in [7, 11) is 0. The van der Waals surface area contributed by atoms with Crippen LogP contribution in [0.5, 0.6) is 0 Å². The van der Waals surface area contributed by atoms with E-state index in [9.17, 15) is 0 Å². The number of aliphatic hydroxyl groups is 1. The smallest absolute Gasteiger partial charge is 0.0512 e. The molecule has 0 saturated carbocycles. The molecule has 2 nitrogen and oxygen atoms in total. The Kier molecular flexibility index (Phi) is 3.83. The first-order valence-electron chi connectivity index (χ1n) is 3.06. The highest BCUT2D eigenvalue weighted by molar-refractivity contribution is 4.55. The van der Waals surface area contributed by atoms with E-state index in [2.05, 4.69) is 0 Å². The Bertz CT molecular complexity index is 44.5. The molecule has 2 heteroatoms. The van der Waals surface area contributed by atoms with Gasteiger partial charge in [0.1, 0.15) is 0 Å². The molecule has 0 aromatic rings. The van der Waals surface area contributed by atoms with Crippen molar-refractivity contribution >= 4 is 0 Å². The zero-order valence-electron chi connectivity index (χ0n) is 5.59. The van der Waals surface area contributed by atoms with Crippen molar-refractivity contribution in [1.29, 1.82) is 0 Å². The first-order valence-corrected chi connectivity index (χ1v) is 3.06. The summed E-state index contributed by atoms with van der Waals surface area (Å²) in [6, 6.07) is 0.226. The van der Waals surface area contributed by atoms with Gasteiger partial charge in [0.2, 0.25) is 0 Å². The summed E-state index contributed by atoms with van der Waals surface area (Å²) >= 11 is 0. The van der Waals surface area contributed by atoms with Gasteiger partial charge < -0.3 is 10.8 Å². The van der Waals surface area contributed by atoms with Gasteiger partial charge in [-0.3, -0.25) is 0 Å². The quantitative estimate of drug-likeness (QED) is 0.565. The predicted molar refractivity (Wildman–Crippen MR) is 34.6 cm³/mol. The van der Waals surface area contributed by atoms with Gasteiger partial charge in [0, 0.05) is 6.04 Å². The van der Waals surface area contributed by atoms with Gasteiger partial charge in [0.05, 0.1) is 6.10 Å². The minimum atomic E-state index is -0.194. The molecule has 0 heterocycles. The fourth-order valence-corrected chi connectivity index (χ4v) is 0.504. The fraction of sp³-hybridized carbons (Fsp3) is 1.00. The average Bonchev–Trinajstić information content (AvgIpc) is 1.61. The highest BCUT2D eigenvalue weighted by atomic mass is 16.3. The van der Waals surface area contributed by atoms with E-state index < -0.39 is 0 Å². The van der Waals surface area contributed by atoms with Gasteiger partial charge in [-0.15, -0.1) is 0 Å². The Labute approximate surface area is 50.7 Å². The van der Waals surface area contributed by atoms with Gasteiger partial charge in [0.15, 0.2) is 0 Å². The minimum absolute atomic E-state index is 0.194. The highest BCUT2D eigenvalue weighted by Crippen LogP contribution is 1.97. The van der Waals surface area contributed by atoms with E-state index in [0.717, 1.165) is 12.8 Å². The third kappa shape index (κ3) is 5.92. The molecule has 0 fully saturated rings. The molecule has 0 amide bonds. The lowest BCUT2D eigenvalue weighted by molar-refractivity contribution is 0.179. The van der Waals surface area contributed by atoms with Crippen LogP contribution in [0.1, 0.15) is 26.7 Å². The van der Waals surface area contributed by atoms with Crippen molar-refractivity contribution in [2.45, 2.75) is 38.8 Å². The Morgan fingerprint density at radius 3 is 2.00 bits per heavy atom. The number of hydrogen-bond acceptors (Lipinski definition) is 2. The Hall–Kier alpha value is -0.0800. The van der Waals surface area contributed by atoms with E-state index >= 15 is 0 Å². The van der Waals surface area contributed by atoms with Crippen LogP contribution in [0, 0.1) is 0 Å². The molecule has 0 aliphatic rings. The Balaban J connectivity index is 2.93. The molecular formula is C6H15NO. The molecule has 0 radical (unpaired) electrons. The molecule has 3 N–H and O–H groups in total. The number of aliphatic hydroxyl groups excluding tert-OH is 1. The average molecular weight is 117 g/mol. The first-order chi connectivity index (χ1) is 3.63. The van der Waals surface area contributed by atoms with Crippen molar-refractivity contribution in [2.24, 2.45) is 5.73 Å². The van der Waals surface area contributed by atoms with Gasteiger partial charge >= 0.3 is 0 Å². The van der Waals surface area contributed by atoms with Crippen molar-refractivity contribution in [2.75, 3.05) is 0 Å². The van der Waals surface area contributed by atoms with Crippen molar-refractivity contribution in [1.82, 2.24) is 0 Å². The molecule has 0 aromatic heterocycles. The van der Waals surface area contributed by atoms with E-state index in [1.807, 2.05) is 6.92 Å². The lowest BCUT2D eigenvalue weighted by Crippen LogP contribution is -2.16. The maximum atomic E-state index is 8.75. The highest BCUT2D eigenvalue weighted by Gasteiger charge is 1.97. The molecule has 0 aromatic carbocycles. The SMILES string of the molecule is C[C@@H](N)CC[C@@H](C)O. The molecule has 0 aliphatic heterocycles. The lowest BCUT2D eigenvalue weighted by atomic mass is 10.1. The largest absolute Gasteiger partial charge is 0.393 e. The minimum Gasteiger partial charge on any atom is -0.393 e. The third-order valence-electron chi connectivity index (χ3n) is 1.04. The van der Waals surface area contributed by atoms with Crippen LogP contribution in [0.4, 0.5) is 0 Å². The summed E-state index contributed by atoms with van der Waals surface area (Å²) in [4.78, 5) is 0. The van der Waals surface area contributed by atoms with E-state index in [1.165, 1.54) is 0 Å². The van der Waals surface area contributed by atoms with Crippen molar-refractivity contribution in [3.63, 3.8) is 0 Å². The zero-order valence-corrected chi connectivity index (χ0v) is 5.59. The summed E-state index contributed by atoms with van der Waals surface area (Å²) in [6.07, 6.45) is 1.54. The Morgan fingerprint density at radius 2 is 1.88 bits per heavy atom. The summed E-state index contributed by atoms with van der Waals surface area (Å²) in [5.74, 6) is 0.